The molecule has 0 atom stereocenters. The first-order valence-electron chi connectivity index (χ1n) is 9.70. The maximum Gasteiger partial charge on any atom is 0.269 e. The number of halogens is 1. The Balaban J connectivity index is 1.23. The highest BCUT2D eigenvalue weighted by atomic mass is 19.1. The molecule has 1 saturated carbocycles. The summed E-state index contributed by atoms with van der Waals surface area (Å²) in [5.74, 6) is -0.307. The average molecular weight is 412 g/mol. The van der Waals surface area contributed by atoms with Gasteiger partial charge in [-0.3, -0.25) is 14.7 Å². The molecule has 11 heteroatoms. The Morgan fingerprint density at radius 3 is 2.77 bits per heavy atom. The van der Waals surface area contributed by atoms with Crippen LogP contribution in [-0.2, 0) is 11.3 Å². The minimum Gasteiger partial charge on any atom is -0.352 e. The van der Waals surface area contributed by atoms with E-state index in [1.165, 1.54) is 23.1 Å². The molecule has 156 valence electrons. The lowest BCUT2D eigenvalue weighted by molar-refractivity contribution is -0.126. The van der Waals surface area contributed by atoms with Crippen LogP contribution < -0.4 is 10.6 Å². The van der Waals surface area contributed by atoms with Gasteiger partial charge in [0.05, 0.1) is 0 Å². The highest BCUT2D eigenvalue weighted by molar-refractivity contribution is 5.92. The first-order valence-corrected chi connectivity index (χ1v) is 9.70. The van der Waals surface area contributed by atoms with E-state index in [1.807, 2.05) is 0 Å². The number of aromatic nitrogens is 6. The van der Waals surface area contributed by atoms with Crippen molar-refractivity contribution in [1.82, 2.24) is 41.0 Å². The van der Waals surface area contributed by atoms with Crippen LogP contribution in [0.25, 0.3) is 5.82 Å². The van der Waals surface area contributed by atoms with Gasteiger partial charge in [0, 0.05) is 24.6 Å². The van der Waals surface area contributed by atoms with E-state index in [-0.39, 0.29) is 29.6 Å². The van der Waals surface area contributed by atoms with Gasteiger partial charge in [0.2, 0.25) is 5.91 Å². The molecule has 0 aliphatic heterocycles. The number of H-pyrrole nitrogens is 1. The number of carbonyl (C=O) groups is 2. The van der Waals surface area contributed by atoms with Crippen LogP contribution in [0.3, 0.4) is 0 Å². The monoisotopic (exact) mass is 412 g/mol. The van der Waals surface area contributed by atoms with Crippen LogP contribution in [0.2, 0.25) is 0 Å². The summed E-state index contributed by atoms with van der Waals surface area (Å²) in [6.07, 6.45) is 4.16. The number of amides is 2. The topological polar surface area (TPSA) is 130 Å². The number of hydrogen-bond acceptors (Lipinski definition) is 6. The van der Waals surface area contributed by atoms with Crippen molar-refractivity contribution in [2.45, 2.75) is 38.3 Å². The zero-order valence-corrected chi connectivity index (χ0v) is 16.1. The van der Waals surface area contributed by atoms with E-state index in [0.29, 0.717) is 43.7 Å². The molecular weight excluding hydrogens is 391 g/mol. The highest BCUT2D eigenvalue weighted by Gasteiger charge is 2.27. The summed E-state index contributed by atoms with van der Waals surface area (Å²) < 4.78 is 14.6. The Labute approximate surface area is 171 Å². The molecule has 1 aromatic carbocycles. The lowest BCUT2D eigenvalue weighted by atomic mass is 9.85. The first kappa shape index (κ1) is 19.7. The van der Waals surface area contributed by atoms with Crippen molar-refractivity contribution in [1.29, 1.82) is 0 Å². The number of nitrogens with one attached hydrogen (secondary N) is 3. The molecule has 0 bridgehead atoms. The van der Waals surface area contributed by atoms with Crippen LogP contribution in [0.15, 0.2) is 36.7 Å². The summed E-state index contributed by atoms with van der Waals surface area (Å²) in [7, 11) is 0. The Hall–Kier alpha value is -3.63. The fourth-order valence-electron chi connectivity index (χ4n) is 3.55. The maximum absolute atomic E-state index is 13.2. The van der Waals surface area contributed by atoms with E-state index in [1.54, 1.807) is 18.2 Å². The predicted molar refractivity (Wildman–Crippen MR) is 103 cm³/mol. The number of rotatable bonds is 6. The third-order valence-corrected chi connectivity index (χ3v) is 5.18. The van der Waals surface area contributed by atoms with Gasteiger partial charge in [-0.25, -0.2) is 4.39 Å². The van der Waals surface area contributed by atoms with E-state index >= 15 is 0 Å². The first-order chi connectivity index (χ1) is 14.6. The molecule has 2 aromatic heterocycles. The minimum absolute atomic E-state index is 0.00967. The zero-order chi connectivity index (χ0) is 20.9. The Bertz CT molecular complexity index is 1010. The van der Waals surface area contributed by atoms with E-state index in [9.17, 15) is 14.0 Å². The van der Waals surface area contributed by atoms with Gasteiger partial charge in [-0.2, -0.15) is 9.78 Å². The van der Waals surface area contributed by atoms with Crippen molar-refractivity contribution < 1.29 is 14.0 Å². The Morgan fingerprint density at radius 2 is 2.03 bits per heavy atom. The molecule has 2 amide bonds. The molecule has 4 rings (SSSR count). The zero-order valence-electron chi connectivity index (χ0n) is 16.1. The normalized spacial score (nSPS) is 18.7. The van der Waals surface area contributed by atoms with Crippen molar-refractivity contribution in [2.24, 2.45) is 5.92 Å². The molecule has 1 aliphatic carbocycles. The number of aromatic amines is 1. The van der Waals surface area contributed by atoms with Gasteiger partial charge in [0.1, 0.15) is 17.8 Å². The largest absolute Gasteiger partial charge is 0.352 e. The summed E-state index contributed by atoms with van der Waals surface area (Å²) >= 11 is 0. The van der Waals surface area contributed by atoms with E-state index in [2.05, 4.69) is 36.4 Å². The molecule has 0 saturated heterocycles. The molecule has 3 N–H and O–H groups in total. The summed E-state index contributed by atoms with van der Waals surface area (Å²) in [4.78, 5) is 24.8. The van der Waals surface area contributed by atoms with Crippen molar-refractivity contribution in [3.05, 3.63) is 53.7 Å². The second kappa shape index (κ2) is 8.80. The van der Waals surface area contributed by atoms with Crippen LogP contribution in [0, 0.1) is 11.7 Å². The van der Waals surface area contributed by atoms with Crippen LogP contribution in [0.1, 0.15) is 41.7 Å². The van der Waals surface area contributed by atoms with Crippen molar-refractivity contribution >= 4 is 11.8 Å². The lowest BCUT2D eigenvalue weighted by Gasteiger charge is -2.28. The molecule has 30 heavy (non-hydrogen) atoms. The molecule has 0 unspecified atom stereocenters. The molecule has 10 nitrogen and oxygen atoms in total. The molecular formula is C19H21FN8O2. The van der Waals surface area contributed by atoms with Crippen LogP contribution >= 0.6 is 0 Å². The van der Waals surface area contributed by atoms with E-state index < -0.39 is 0 Å². The molecule has 2 heterocycles. The predicted octanol–water partition coefficient (Wildman–Crippen LogP) is 1.13. The summed E-state index contributed by atoms with van der Waals surface area (Å²) in [5.41, 5.74) is 1.04. The Morgan fingerprint density at radius 1 is 1.20 bits per heavy atom. The van der Waals surface area contributed by atoms with Gasteiger partial charge >= 0.3 is 0 Å². The van der Waals surface area contributed by atoms with Crippen LogP contribution in [0.5, 0.6) is 0 Å². The standard InChI is InChI=1S/C19H21FN8O2/c20-14-3-1-2-12(8-14)10-21-18(29)13-4-6-15(7-5-13)23-19(30)16-9-17(25-24-16)28-11-22-26-27-28/h1-3,8-9,11,13,15H,4-7,10H2,(H,21,29)(H,23,30)(H,24,25). The fraction of sp³-hybridized carbons (Fsp3) is 0.368. The van der Waals surface area contributed by atoms with Gasteiger partial charge in [-0.05, 0) is 53.8 Å². The molecule has 1 fully saturated rings. The van der Waals surface area contributed by atoms with E-state index in [0.717, 1.165) is 5.56 Å². The summed E-state index contributed by atoms with van der Waals surface area (Å²) in [6.45, 7) is 0.302. The number of benzene rings is 1. The molecule has 1 aliphatic rings. The quantitative estimate of drug-likeness (QED) is 0.556. The van der Waals surface area contributed by atoms with Crippen LogP contribution in [0.4, 0.5) is 4.39 Å². The number of hydrogen-bond donors (Lipinski definition) is 3. The smallest absolute Gasteiger partial charge is 0.269 e. The third kappa shape index (κ3) is 4.67. The van der Waals surface area contributed by atoms with Gasteiger partial charge in [0.25, 0.3) is 5.91 Å². The minimum atomic E-state index is -0.319. The second-order valence-corrected chi connectivity index (χ2v) is 7.26. The maximum atomic E-state index is 13.2. The third-order valence-electron chi connectivity index (χ3n) is 5.18. The van der Waals surface area contributed by atoms with Crippen molar-refractivity contribution in [2.75, 3.05) is 0 Å². The van der Waals surface area contributed by atoms with Crippen LogP contribution in [-0.4, -0.2) is 48.3 Å². The fourth-order valence-corrected chi connectivity index (χ4v) is 3.55. The lowest BCUT2D eigenvalue weighted by Crippen LogP contribution is -2.40. The SMILES string of the molecule is O=C(NC1CCC(C(=O)NCc2cccc(F)c2)CC1)c1cc(-n2cnnn2)n[nH]1. The Kier molecular flexibility index (Phi) is 5.77. The van der Waals surface area contributed by atoms with Gasteiger partial charge in [0.15, 0.2) is 5.82 Å². The molecule has 3 aromatic rings. The van der Waals surface area contributed by atoms with Gasteiger partial charge in [-0.15, -0.1) is 5.10 Å². The molecule has 0 radical (unpaired) electrons. The number of carbonyl (C=O) groups excluding carboxylic acids is 2. The van der Waals surface area contributed by atoms with Crippen molar-refractivity contribution in [3.8, 4) is 5.82 Å². The summed E-state index contributed by atoms with van der Waals surface area (Å²) in [5, 5.41) is 23.3. The number of nitrogens with zero attached hydrogens (tertiary/aromatic N) is 5. The average Bonchev–Trinajstić information content (AvgIpc) is 3.44. The highest BCUT2D eigenvalue weighted by Crippen LogP contribution is 2.25. The number of tetrazole rings is 1. The second-order valence-electron chi connectivity index (χ2n) is 7.26. The van der Waals surface area contributed by atoms with E-state index in [4.69, 9.17) is 0 Å². The summed E-state index contributed by atoms with van der Waals surface area (Å²) in [6, 6.07) is 7.73. The van der Waals surface area contributed by atoms with Gasteiger partial charge in [-0.1, -0.05) is 12.1 Å². The molecule has 0 spiro atoms. The van der Waals surface area contributed by atoms with Gasteiger partial charge < -0.3 is 10.6 Å². The van der Waals surface area contributed by atoms with Crippen molar-refractivity contribution in [3.63, 3.8) is 0 Å².